The van der Waals surface area contributed by atoms with Gasteiger partial charge < -0.3 is 15.0 Å². The normalized spacial score (nSPS) is 21.5. The minimum Gasteiger partial charge on any atom is -0.391 e. The average molecular weight is 416 g/mol. The van der Waals surface area contributed by atoms with Gasteiger partial charge in [-0.1, -0.05) is 0 Å². The molecular formula is C21H29N5O2S. The minimum atomic E-state index is -0.286. The Hall–Kier alpha value is -2.03. The van der Waals surface area contributed by atoms with Crippen molar-refractivity contribution in [3.8, 4) is 16.5 Å². The number of nitrogens with one attached hydrogen (secondary N) is 1. The van der Waals surface area contributed by atoms with Crippen LogP contribution in [0.3, 0.4) is 0 Å². The minimum absolute atomic E-state index is 0.190. The van der Waals surface area contributed by atoms with Gasteiger partial charge >= 0.3 is 6.09 Å². The molecule has 0 spiro atoms. The van der Waals surface area contributed by atoms with Gasteiger partial charge in [0.2, 0.25) is 5.88 Å². The molecule has 1 amide bonds. The van der Waals surface area contributed by atoms with Crippen LogP contribution < -0.4 is 10.1 Å². The molecule has 1 atom stereocenters. The lowest BCUT2D eigenvalue weighted by molar-refractivity contribution is 0.0268. The Balaban J connectivity index is 1.45. The van der Waals surface area contributed by atoms with Crippen molar-refractivity contribution < 1.29 is 9.53 Å². The molecule has 156 valence electrons. The first-order valence-electron chi connectivity index (χ1n) is 10.4. The van der Waals surface area contributed by atoms with Crippen molar-refractivity contribution in [1.82, 2.24) is 25.1 Å². The molecule has 4 rings (SSSR count). The highest BCUT2D eigenvalue weighted by atomic mass is 32.1. The zero-order valence-electron chi connectivity index (χ0n) is 17.1. The van der Waals surface area contributed by atoms with E-state index in [9.17, 15) is 4.79 Å². The van der Waals surface area contributed by atoms with Crippen LogP contribution >= 0.6 is 11.3 Å². The van der Waals surface area contributed by atoms with Gasteiger partial charge in [-0.25, -0.2) is 14.8 Å². The Labute approximate surface area is 176 Å². The maximum Gasteiger partial charge on any atom is 0.416 e. The number of amides is 1. The SMILES string of the molecule is CC(C)N1CCN(C(=O)Oc2ccc(-c3nccs3)cn2)C(C2CCNCC2)C1. The molecule has 2 fully saturated rings. The molecule has 0 radical (unpaired) electrons. The maximum atomic E-state index is 13.0. The number of aromatic nitrogens is 2. The zero-order chi connectivity index (χ0) is 20.2. The van der Waals surface area contributed by atoms with Crippen LogP contribution in [0.25, 0.3) is 10.6 Å². The summed E-state index contributed by atoms with van der Waals surface area (Å²) in [6.07, 6.45) is 5.39. The molecule has 0 bridgehead atoms. The molecule has 0 aliphatic carbocycles. The predicted molar refractivity (Wildman–Crippen MR) is 114 cm³/mol. The van der Waals surface area contributed by atoms with Crippen molar-refractivity contribution in [2.75, 3.05) is 32.7 Å². The highest BCUT2D eigenvalue weighted by Gasteiger charge is 2.37. The summed E-state index contributed by atoms with van der Waals surface area (Å²) in [6.45, 7) is 8.97. The predicted octanol–water partition coefficient (Wildman–Crippen LogP) is 3.10. The summed E-state index contributed by atoms with van der Waals surface area (Å²) in [5.74, 6) is 0.844. The Morgan fingerprint density at radius 3 is 2.72 bits per heavy atom. The van der Waals surface area contributed by atoms with Gasteiger partial charge in [-0.05, 0) is 51.8 Å². The van der Waals surface area contributed by atoms with Gasteiger partial charge in [-0.3, -0.25) is 4.90 Å². The van der Waals surface area contributed by atoms with Crippen LogP contribution in [-0.2, 0) is 0 Å². The van der Waals surface area contributed by atoms with Crippen molar-refractivity contribution in [2.24, 2.45) is 5.92 Å². The van der Waals surface area contributed by atoms with Gasteiger partial charge in [-0.15, -0.1) is 11.3 Å². The molecular weight excluding hydrogens is 386 g/mol. The van der Waals surface area contributed by atoms with Gasteiger partial charge in [0.1, 0.15) is 5.01 Å². The molecule has 7 nitrogen and oxygen atoms in total. The fourth-order valence-corrected chi connectivity index (χ4v) is 4.87. The van der Waals surface area contributed by atoms with Crippen molar-refractivity contribution in [3.05, 3.63) is 29.9 Å². The van der Waals surface area contributed by atoms with E-state index in [0.717, 1.165) is 49.6 Å². The second-order valence-corrected chi connectivity index (χ2v) is 8.92. The summed E-state index contributed by atoms with van der Waals surface area (Å²) >= 11 is 1.56. The lowest BCUT2D eigenvalue weighted by Gasteiger charge is -2.46. The number of rotatable bonds is 4. The van der Waals surface area contributed by atoms with Crippen LogP contribution in [0.2, 0.25) is 0 Å². The van der Waals surface area contributed by atoms with Crippen LogP contribution in [0.5, 0.6) is 5.88 Å². The number of piperidine rings is 1. The summed E-state index contributed by atoms with van der Waals surface area (Å²) in [6, 6.07) is 4.32. The number of piperazine rings is 1. The highest BCUT2D eigenvalue weighted by Crippen LogP contribution is 2.27. The smallest absolute Gasteiger partial charge is 0.391 e. The average Bonchev–Trinajstić information content (AvgIpc) is 3.29. The number of pyridine rings is 1. The lowest BCUT2D eigenvalue weighted by atomic mass is 9.87. The summed E-state index contributed by atoms with van der Waals surface area (Å²) in [7, 11) is 0. The molecule has 2 saturated heterocycles. The first-order chi connectivity index (χ1) is 14.1. The lowest BCUT2D eigenvalue weighted by Crippen LogP contribution is -2.60. The van der Waals surface area contributed by atoms with E-state index in [1.807, 2.05) is 16.3 Å². The number of carbonyl (C=O) groups excluding carboxylic acids is 1. The first-order valence-corrected chi connectivity index (χ1v) is 11.3. The first kappa shape index (κ1) is 20.3. The van der Waals surface area contributed by atoms with Crippen LogP contribution in [0.4, 0.5) is 4.79 Å². The van der Waals surface area contributed by atoms with E-state index in [1.165, 1.54) is 0 Å². The fraction of sp³-hybridized carbons (Fsp3) is 0.571. The second-order valence-electron chi connectivity index (χ2n) is 8.03. The van der Waals surface area contributed by atoms with Crippen molar-refractivity contribution in [1.29, 1.82) is 0 Å². The van der Waals surface area contributed by atoms with Crippen LogP contribution in [0.1, 0.15) is 26.7 Å². The number of ether oxygens (including phenoxy) is 1. The van der Waals surface area contributed by atoms with E-state index in [1.54, 1.807) is 29.8 Å². The van der Waals surface area contributed by atoms with Gasteiger partial charge in [-0.2, -0.15) is 0 Å². The van der Waals surface area contributed by atoms with Gasteiger partial charge in [0.05, 0.1) is 6.04 Å². The van der Waals surface area contributed by atoms with E-state index in [4.69, 9.17) is 4.74 Å². The maximum absolute atomic E-state index is 13.0. The molecule has 29 heavy (non-hydrogen) atoms. The van der Waals surface area contributed by atoms with Crippen molar-refractivity contribution >= 4 is 17.4 Å². The summed E-state index contributed by atoms with van der Waals surface area (Å²) in [5.41, 5.74) is 0.929. The van der Waals surface area contributed by atoms with Crippen LogP contribution in [-0.4, -0.2) is 70.7 Å². The molecule has 1 N–H and O–H groups in total. The molecule has 2 aromatic heterocycles. The van der Waals surface area contributed by atoms with E-state index in [0.29, 0.717) is 24.4 Å². The Kier molecular flexibility index (Phi) is 6.42. The summed E-state index contributed by atoms with van der Waals surface area (Å²) in [4.78, 5) is 26.0. The summed E-state index contributed by atoms with van der Waals surface area (Å²) in [5, 5.41) is 6.27. The molecule has 2 aliphatic rings. The Bertz CT molecular complexity index is 790. The van der Waals surface area contributed by atoms with Gasteiger partial charge in [0, 0.05) is 55.1 Å². The third kappa shape index (κ3) is 4.76. The third-order valence-electron chi connectivity index (χ3n) is 5.95. The Morgan fingerprint density at radius 2 is 2.07 bits per heavy atom. The van der Waals surface area contributed by atoms with Gasteiger partial charge in [0.15, 0.2) is 0 Å². The van der Waals surface area contributed by atoms with Gasteiger partial charge in [0.25, 0.3) is 0 Å². The molecule has 0 saturated carbocycles. The number of nitrogens with zero attached hydrogens (tertiary/aromatic N) is 4. The van der Waals surface area contributed by atoms with Crippen LogP contribution in [0.15, 0.2) is 29.9 Å². The van der Waals surface area contributed by atoms with E-state index in [-0.39, 0.29) is 12.1 Å². The molecule has 0 aromatic carbocycles. The largest absolute Gasteiger partial charge is 0.416 e. The topological polar surface area (TPSA) is 70.6 Å². The number of thiazole rings is 1. The monoisotopic (exact) mass is 415 g/mol. The van der Waals surface area contributed by atoms with Crippen LogP contribution in [0, 0.1) is 5.92 Å². The quantitative estimate of drug-likeness (QED) is 0.827. The number of hydrogen-bond acceptors (Lipinski definition) is 7. The standard InChI is InChI=1S/C21H29N5O2S/c1-15(2)25-10-11-26(18(14-25)16-5-7-22-8-6-16)21(27)28-19-4-3-17(13-24-19)20-23-9-12-29-20/h3-4,9,12-13,15-16,18,22H,5-8,10-11,14H2,1-2H3. The van der Waals surface area contributed by atoms with E-state index >= 15 is 0 Å². The second kappa shape index (κ2) is 9.19. The number of carbonyl (C=O) groups is 1. The Morgan fingerprint density at radius 1 is 1.24 bits per heavy atom. The van der Waals surface area contributed by atoms with E-state index in [2.05, 4.69) is 34.0 Å². The molecule has 2 aromatic rings. The van der Waals surface area contributed by atoms with Crippen molar-refractivity contribution in [2.45, 2.75) is 38.8 Å². The highest BCUT2D eigenvalue weighted by molar-refractivity contribution is 7.13. The molecule has 8 heteroatoms. The van der Waals surface area contributed by atoms with E-state index < -0.39 is 0 Å². The number of hydrogen-bond donors (Lipinski definition) is 1. The fourth-order valence-electron chi connectivity index (χ4n) is 4.24. The molecule has 2 aliphatic heterocycles. The molecule has 1 unspecified atom stereocenters. The molecule has 4 heterocycles. The third-order valence-corrected chi connectivity index (χ3v) is 6.77. The summed E-state index contributed by atoms with van der Waals surface area (Å²) < 4.78 is 5.67. The van der Waals surface area contributed by atoms with Crippen molar-refractivity contribution in [3.63, 3.8) is 0 Å². The zero-order valence-corrected chi connectivity index (χ0v) is 17.9.